The lowest BCUT2D eigenvalue weighted by molar-refractivity contribution is -0.384. The van der Waals surface area contributed by atoms with Crippen molar-refractivity contribution in [1.29, 1.82) is 0 Å². The lowest BCUT2D eigenvalue weighted by atomic mass is 10.0. The van der Waals surface area contributed by atoms with Crippen molar-refractivity contribution in [3.63, 3.8) is 0 Å². The molecule has 0 aromatic heterocycles. The number of nitro groups is 1. The van der Waals surface area contributed by atoms with E-state index in [9.17, 15) is 24.8 Å². The van der Waals surface area contributed by atoms with Gasteiger partial charge < -0.3 is 20.1 Å². The van der Waals surface area contributed by atoms with Crippen molar-refractivity contribution in [2.24, 2.45) is 0 Å². The molecule has 0 radical (unpaired) electrons. The van der Waals surface area contributed by atoms with Gasteiger partial charge in [0.25, 0.3) is 11.6 Å². The van der Waals surface area contributed by atoms with Crippen LogP contribution in [0.4, 0.5) is 11.4 Å². The summed E-state index contributed by atoms with van der Waals surface area (Å²) in [6.45, 7) is 1.58. The van der Waals surface area contributed by atoms with E-state index in [-0.39, 0.29) is 23.4 Å². The van der Waals surface area contributed by atoms with Crippen molar-refractivity contribution in [1.82, 2.24) is 5.32 Å². The number of carbonyl (C=O) groups is 2. The molecule has 1 atom stereocenters. The van der Waals surface area contributed by atoms with E-state index in [0.29, 0.717) is 26.3 Å². The third-order valence-corrected chi connectivity index (χ3v) is 4.67. The molecule has 1 unspecified atom stereocenters. The van der Waals surface area contributed by atoms with Crippen molar-refractivity contribution < 1.29 is 24.4 Å². The number of rotatable bonds is 7. The maximum absolute atomic E-state index is 12.9. The van der Waals surface area contributed by atoms with Crippen LogP contribution in [0.25, 0.3) is 0 Å². The Morgan fingerprint density at radius 2 is 1.83 bits per heavy atom. The van der Waals surface area contributed by atoms with Crippen LogP contribution in [0.1, 0.15) is 15.9 Å². The summed E-state index contributed by atoms with van der Waals surface area (Å²) in [5.74, 6) is -1.85. The third-order valence-electron chi connectivity index (χ3n) is 4.67. The van der Waals surface area contributed by atoms with Gasteiger partial charge in [-0.3, -0.25) is 14.9 Å². The Hall–Kier alpha value is -3.46. The van der Waals surface area contributed by atoms with E-state index in [1.807, 2.05) is 6.07 Å². The van der Waals surface area contributed by atoms with Crippen LogP contribution in [-0.4, -0.2) is 54.3 Å². The number of para-hydroxylation sites is 1. The molecule has 1 aliphatic heterocycles. The highest BCUT2D eigenvalue weighted by molar-refractivity contribution is 6.03. The van der Waals surface area contributed by atoms with Crippen LogP contribution < -0.4 is 10.2 Å². The molecule has 0 bridgehead atoms. The molecular formula is C20H21N3O6. The predicted octanol–water partition coefficient (Wildman–Crippen LogP) is 1.86. The number of benzene rings is 2. The number of amides is 1. The molecular weight excluding hydrogens is 378 g/mol. The minimum atomic E-state index is -1.18. The summed E-state index contributed by atoms with van der Waals surface area (Å²) in [7, 11) is 0. The molecule has 152 valence electrons. The summed E-state index contributed by atoms with van der Waals surface area (Å²) in [5, 5.41) is 23.6. The Bertz CT molecular complexity index is 896. The number of carbonyl (C=O) groups excluding carboxylic acids is 1. The SMILES string of the molecule is O=C(NC(Cc1ccccc1)C(=O)O)c1cccc([N+](=O)[O-])c1N1CCOCC1. The number of anilines is 1. The molecule has 1 heterocycles. The van der Waals surface area contributed by atoms with Crippen LogP contribution in [0.3, 0.4) is 0 Å². The van der Waals surface area contributed by atoms with E-state index >= 15 is 0 Å². The number of hydrogen-bond acceptors (Lipinski definition) is 6. The maximum Gasteiger partial charge on any atom is 0.326 e. The van der Waals surface area contributed by atoms with Crippen LogP contribution in [-0.2, 0) is 16.0 Å². The Morgan fingerprint density at radius 3 is 2.45 bits per heavy atom. The highest BCUT2D eigenvalue weighted by Crippen LogP contribution is 2.32. The van der Waals surface area contributed by atoms with E-state index in [1.165, 1.54) is 18.2 Å². The number of nitro benzene ring substituents is 1. The standard InChI is InChI=1S/C20H21N3O6/c24-19(21-16(20(25)26)13-14-5-2-1-3-6-14)15-7-4-8-17(23(27)28)18(15)22-9-11-29-12-10-22/h1-8,16H,9-13H2,(H,21,24)(H,25,26). The molecule has 2 N–H and O–H groups in total. The predicted molar refractivity (Wildman–Crippen MR) is 105 cm³/mol. The monoisotopic (exact) mass is 399 g/mol. The number of carboxylic acids is 1. The van der Waals surface area contributed by atoms with Gasteiger partial charge in [-0.1, -0.05) is 36.4 Å². The second-order valence-corrected chi connectivity index (χ2v) is 6.58. The van der Waals surface area contributed by atoms with Crippen LogP contribution >= 0.6 is 0 Å². The zero-order valence-electron chi connectivity index (χ0n) is 15.6. The highest BCUT2D eigenvalue weighted by atomic mass is 16.6. The average Bonchev–Trinajstić information content (AvgIpc) is 2.74. The quantitative estimate of drug-likeness (QED) is 0.538. The van der Waals surface area contributed by atoms with Gasteiger partial charge in [-0.15, -0.1) is 0 Å². The van der Waals surface area contributed by atoms with Gasteiger partial charge in [-0.05, 0) is 11.6 Å². The van der Waals surface area contributed by atoms with Crippen LogP contribution in [0.5, 0.6) is 0 Å². The molecule has 2 aromatic rings. The van der Waals surface area contributed by atoms with E-state index < -0.39 is 22.8 Å². The molecule has 1 aliphatic rings. The number of carboxylic acid groups (broad SMARTS) is 1. The van der Waals surface area contributed by atoms with Crippen molar-refractivity contribution in [2.75, 3.05) is 31.2 Å². The fourth-order valence-electron chi connectivity index (χ4n) is 3.27. The Morgan fingerprint density at radius 1 is 1.14 bits per heavy atom. The molecule has 0 aliphatic carbocycles. The van der Waals surface area contributed by atoms with Crippen molar-refractivity contribution in [3.8, 4) is 0 Å². The summed E-state index contributed by atoms with van der Waals surface area (Å²) in [4.78, 5) is 37.3. The largest absolute Gasteiger partial charge is 0.480 e. The van der Waals surface area contributed by atoms with E-state index in [0.717, 1.165) is 5.56 Å². The summed E-state index contributed by atoms with van der Waals surface area (Å²) >= 11 is 0. The summed E-state index contributed by atoms with van der Waals surface area (Å²) < 4.78 is 5.29. The maximum atomic E-state index is 12.9. The molecule has 2 aromatic carbocycles. The van der Waals surface area contributed by atoms with Crippen molar-refractivity contribution in [3.05, 3.63) is 69.8 Å². The lowest BCUT2D eigenvalue weighted by Crippen LogP contribution is -2.43. The Kier molecular flexibility index (Phi) is 6.40. The van der Waals surface area contributed by atoms with E-state index in [2.05, 4.69) is 5.32 Å². The van der Waals surface area contributed by atoms with Gasteiger partial charge in [-0.25, -0.2) is 4.79 Å². The first-order chi connectivity index (χ1) is 14.0. The van der Waals surface area contributed by atoms with E-state index in [1.54, 1.807) is 29.2 Å². The summed E-state index contributed by atoms with van der Waals surface area (Å²) in [6.07, 6.45) is 0.101. The first-order valence-electron chi connectivity index (χ1n) is 9.15. The van der Waals surface area contributed by atoms with Crippen molar-refractivity contribution >= 4 is 23.3 Å². The average molecular weight is 399 g/mol. The number of ether oxygens (including phenoxy) is 1. The molecule has 0 saturated carbocycles. The normalized spacial score (nSPS) is 14.8. The zero-order chi connectivity index (χ0) is 20.8. The molecule has 9 nitrogen and oxygen atoms in total. The summed E-state index contributed by atoms with van der Waals surface area (Å²) in [5.41, 5.74) is 0.810. The topological polar surface area (TPSA) is 122 Å². The number of hydrogen-bond donors (Lipinski definition) is 2. The number of aliphatic carboxylic acids is 1. The molecule has 1 amide bonds. The zero-order valence-corrected chi connectivity index (χ0v) is 15.6. The van der Waals surface area contributed by atoms with Gasteiger partial charge >= 0.3 is 5.97 Å². The first-order valence-corrected chi connectivity index (χ1v) is 9.15. The Labute approximate surface area is 167 Å². The molecule has 0 spiro atoms. The highest BCUT2D eigenvalue weighted by Gasteiger charge is 2.29. The fraction of sp³-hybridized carbons (Fsp3) is 0.300. The molecule has 3 rings (SSSR count). The number of nitrogens with zero attached hydrogens (tertiary/aromatic N) is 2. The fourth-order valence-corrected chi connectivity index (χ4v) is 3.27. The minimum absolute atomic E-state index is 0.0698. The molecule has 9 heteroatoms. The molecule has 1 saturated heterocycles. The van der Waals surface area contributed by atoms with Gasteiger partial charge in [0.15, 0.2) is 0 Å². The van der Waals surface area contributed by atoms with Gasteiger partial charge in [0.2, 0.25) is 0 Å². The molecule has 1 fully saturated rings. The van der Waals surface area contributed by atoms with E-state index in [4.69, 9.17) is 4.74 Å². The van der Waals surface area contributed by atoms with Crippen LogP contribution in [0.15, 0.2) is 48.5 Å². The van der Waals surface area contributed by atoms with Gasteiger partial charge in [0.05, 0.1) is 23.7 Å². The van der Waals surface area contributed by atoms with Crippen molar-refractivity contribution in [2.45, 2.75) is 12.5 Å². The minimum Gasteiger partial charge on any atom is -0.480 e. The molecule has 29 heavy (non-hydrogen) atoms. The van der Waals surface area contributed by atoms with Gasteiger partial charge in [0.1, 0.15) is 11.7 Å². The Balaban J connectivity index is 1.90. The second-order valence-electron chi connectivity index (χ2n) is 6.58. The lowest BCUT2D eigenvalue weighted by Gasteiger charge is -2.30. The third kappa shape index (κ3) is 4.88. The number of nitrogens with one attached hydrogen (secondary N) is 1. The van der Waals surface area contributed by atoms with Gasteiger partial charge in [-0.2, -0.15) is 0 Å². The van der Waals surface area contributed by atoms with Crippen LogP contribution in [0.2, 0.25) is 0 Å². The smallest absolute Gasteiger partial charge is 0.326 e. The summed E-state index contributed by atoms with van der Waals surface area (Å²) in [6, 6.07) is 12.0. The van der Waals surface area contributed by atoms with Gasteiger partial charge in [0, 0.05) is 25.6 Å². The van der Waals surface area contributed by atoms with Crippen LogP contribution in [0, 0.1) is 10.1 Å². The first kappa shape index (κ1) is 20.3. The number of morpholine rings is 1. The second kappa shape index (κ2) is 9.16.